The molecule has 1 saturated heterocycles. The fourth-order valence-electron chi connectivity index (χ4n) is 4.88. The van der Waals surface area contributed by atoms with Crippen LogP contribution in [-0.4, -0.2) is 36.3 Å². The highest BCUT2D eigenvalue weighted by Crippen LogP contribution is 2.26. The van der Waals surface area contributed by atoms with Crippen molar-refractivity contribution >= 4 is 22.5 Å². The zero-order valence-electron chi connectivity index (χ0n) is 19.8. The molecule has 1 aliphatic heterocycles. The maximum atomic E-state index is 12.8. The minimum absolute atomic E-state index is 0.148. The minimum atomic E-state index is -0.148. The van der Waals surface area contributed by atoms with Gasteiger partial charge in [0.05, 0.1) is 11.6 Å². The van der Waals surface area contributed by atoms with Crippen molar-refractivity contribution in [2.75, 3.05) is 18.5 Å². The zero-order chi connectivity index (χ0) is 23.3. The van der Waals surface area contributed by atoms with Crippen LogP contribution in [0.3, 0.4) is 0 Å². The summed E-state index contributed by atoms with van der Waals surface area (Å²) in [4.78, 5) is 17.6. The van der Waals surface area contributed by atoms with E-state index in [1.54, 1.807) is 12.1 Å². The van der Waals surface area contributed by atoms with E-state index in [2.05, 4.69) is 16.7 Å². The molecule has 1 atom stereocenters. The predicted molar refractivity (Wildman–Crippen MR) is 134 cm³/mol. The first-order valence-electron chi connectivity index (χ1n) is 12.4. The number of pyridine rings is 1. The smallest absolute Gasteiger partial charge is 0.255 e. The van der Waals surface area contributed by atoms with Crippen molar-refractivity contribution in [2.45, 2.75) is 64.1 Å². The van der Waals surface area contributed by atoms with Crippen molar-refractivity contribution in [1.82, 2.24) is 10.3 Å². The van der Waals surface area contributed by atoms with E-state index in [4.69, 9.17) is 14.5 Å². The number of hydrogen-bond acceptors (Lipinski definition) is 5. The van der Waals surface area contributed by atoms with Crippen molar-refractivity contribution in [3.63, 3.8) is 0 Å². The molecule has 5 rings (SSSR count). The van der Waals surface area contributed by atoms with Crippen LogP contribution in [0.5, 0.6) is 5.75 Å². The fraction of sp³-hybridized carbons (Fsp3) is 0.429. The van der Waals surface area contributed by atoms with Crippen LogP contribution >= 0.6 is 0 Å². The lowest BCUT2D eigenvalue weighted by Gasteiger charge is -2.14. The van der Waals surface area contributed by atoms with Crippen molar-refractivity contribution in [3.8, 4) is 5.75 Å². The van der Waals surface area contributed by atoms with Gasteiger partial charge in [-0.15, -0.1) is 0 Å². The van der Waals surface area contributed by atoms with Gasteiger partial charge in [0.15, 0.2) is 0 Å². The Morgan fingerprint density at radius 1 is 1.09 bits per heavy atom. The maximum absolute atomic E-state index is 12.8. The fourth-order valence-corrected chi connectivity index (χ4v) is 4.88. The molecule has 2 aliphatic rings. The average molecular weight is 460 g/mol. The van der Waals surface area contributed by atoms with Gasteiger partial charge in [-0.1, -0.05) is 18.9 Å². The Labute approximate surface area is 201 Å². The lowest BCUT2D eigenvalue weighted by molar-refractivity contribution is 0.0679. The second-order valence-electron chi connectivity index (χ2n) is 9.44. The molecular weight excluding hydrogens is 426 g/mol. The third kappa shape index (κ3) is 5.40. The second kappa shape index (κ2) is 10.5. The van der Waals surface area contributed by atoms with Crippen LogP contribution in [0.15, 0.2) is 48.7 Å². The van der Waals surface area contributed by atoms with Crippen LogP contribution in [-0.2, 0) is 11.3 Å². The predicted octanol–water partition coefficient (Wildman–Crippen LogP) is 5.39. The van der Waals surface area contributed by atoms with Gasteiger partial charge in [-0.3, -0.25) is 9.78 Å². The topological polar surface area (TPSA) is 72.5 Å². The van der Waals surface area contributed by atoms with E-state index in [9.17, 15) is 4.79 Å². The van der Waals surface area contributed by atoms with Crippen LogP contribution in [0, 0.1) is 6.92 Å². The normalized spacial score (nSPS) is 18.4. The monoisotopic (exact) mass is 459 g/mol. The van der Waals surface area contributed by atoms with Gasteiger partial charge in [-0.2, -0.15) is 0 Å². The number of carbonyl (C=O) groups excluding carboxylic acids is 1. The van der Waals surface area contributed by atoms with Crippen molar-refractivity contribution in [2.24, 2.45) is 0 Å². The number of aromatic nitrogens is 1. The van der Waals surface area contributed by atoms with Crippen LogP contribution in [0.25, 0.3) is 10.9 Å². The summed E-state index contributed by atoms with van der Waals surface area (Å²) in [6.07, 6.45) is 9.45. The first-order valence-corrected chi connectivity index (χ1v) is 12.4. The van der Waals surface area contributed by atoms with E-state index < -0.39 is 0 Å². The van der Waals surface area contributed by atoms with Crippen molar-refractivity contribution in [1.29, 1.82) is 0 Å². The van der Waals surface area contributed by atoms with E-state index in [1.807, 2.05) is 37.4 Å². The molecule has 2 N–H and O–H groups in total. The zero-order valence-corrected chi connectivity index (χ0v) is 19.8. The summed E-state index contributed by atoms with van der Waals surface area (Å²) >= 11 is 0. The molecular formula is C28H33N3O3. The number of amides is 1. The number of nitrogens with one attached hydrogen (secondary N) is 2. The lowest BCUT2D eigenvalue weighted by atomic mass is 10.1. The van der Waals surface area contributed by atoms with E-state index in [1.165, 1.54) is 31.2 Å². The third-order valence-electron chi connectivity index (χ3n) is 6.94. The molecule has 6 heteroatoms. The summed E-state index contributed by atoms with van der Waals surface area (Å²) in [7, 11) is 0. The highest BCUT2D eigenvalue weighted by Gasteiger charge is 2.17. The van der Waals surface area contributed by atoms with E-state index >= 15 is 0 Å². The van der Waals surface area contributed by atoms with Crippen LogP contribution in [0.2, 0.25) is 0 Å². The third-order valence-corrected chi connectivity index (χ3v) is 6.94. The van der Waals surface area contributed by atoms with Gasteiger partial charge < -0.3 is 20.1 Å². The number of hydrogen-bond donors (Lipinski definition) is 2. The minimum Gasteiger partial charge on any atom is -0.491 e. The largest absolute Gasteiger partial charge is 0.491 e. The highest BCUT2D eigenvalue weighted by atomic mass is 16.5. The quantitative estimate of drug-likeness (QED) is 0.473. The number of aryl methyl sites for hydroxylation is 1. The molecule has 0 radical (unpaired) electrons. The number of nitrogens with zero attached hydrogens (tertiary/aromatic N) is 1. The summed E-state index contributed by atoms with van der Waals surface area (Å²) in [5.41, 5.74) is 4.45. The molecule has 34 heavy (non-hydrogen) atoms. The number of ether oxygens (including phenoxy) is 2. The Morgan fingerprint density at radius 2 is 1.91 bits per heavy atom. The standard InChI is InChI=1S/C28H33N3O3/c1-19-26(13-10-22-15-20(17-30-27(19)22)16-29-23-5-2-3-6-23)31-28(32)21-8-11-24(12-9-21)34-18-25-7-4-14-33-25/h8-13,15,17,23,25,29H,2-7,14,16,18H2,1H3,(H,31,32)/t25-/m0/s1. The summed E-state index contributed by atoms with van der Waals surface area (Å²) in [6.45, 7) is 4.21. The number of anilines is 1. The van der Waals surface area contributed by atoms with Gasteiger partial charge in [-0.05, 0) is 80.1 Å². The maximum Gasteiger partial charge on any atom is 0.255 e. The number of benzene rings is 2. The molecule has 2 fully saturated rings. The number of carbonyl (C=O) groups is 1. The van der Waals surface area contributed by atoms with Crippen LogP contribution < -0.4 is 15.4 Å². The number of fused-ring (bicyclic) bond motifs is 1. The Morgan fingerprint density at radius 3 is 2.68 bits per heavy atom. The van der Waals surface area contributed by atoms with Gasteiger partial charge >= 0.3 is 0 Å². The molecule has 0 spiro atoms. The molecule has 0 unspecified atom stereocenters. The number of rotatable bonds is 8. The summed E-state index contributed by atoms with van der Waals surface area (Å²) in [5, 5.41) is 7.78. The Hall–Kier alpha value is -2.96. The van der Waals surface area contributed by atoms with Gasteiger partial charge in [0.2, 0.25) is 0 Å². The molecule has 3 aromatic rings. The Bertz CT molecular complexity index is 1130. The summed E-state index contributed by atoms with van der Waals surface area (Å²) in [5.74, 6) is 0.599. The lowest BCUT2D eigenvalue weighted by Crippen LogP contribution is -2.25. The first kappa shape index (κ1) is 22.8. The molecule has 2 heterocycles. The Balaban J connectivity index is 1.21. The molecule has 2 aromatic carbocycles. The highest BCUT2D eigenvalue weighted by molar-refractivity contribution is 6.06. The van der Waals surface area contributed by atoms with Crippen molar-refractivity contribution < 1.29 is 14.3 Å². The van der Waals surface area contributed by atoms with Gasteiger partial charge in [0, 0.05) is 42.0 Å². The van der Waals surface area contributed by atoms with E-state index in [0.29, 0.717) is 18.2 Å². The van der Waals surface area contributed by atoms with Crippen molar-refractivity contribution in [3.05, 3.63) is 65.4 Å². The molecule has 1 amide bonds. The van der Waals surface area contributed by atoms with E-state index in [-0.39, 0.29) is 12.0 Å². The van der Waals surface area contributed by atoms with Crippen LogP contribution in [0.4, 0.5) is 5.69 Å². The molecule has 6 nitrogen and oxygen atoms in total. The summed E-state index contributed by atoms with van der Waals surface area (Å²) in [6, 6.07) is 14.1. The molecule has 0 bridgehead atoms. The molecule has 1 saturated carbocycles. The molecule has 1 aromatic heterocycles. The van der Waals surface area contributed by atoms with Gasteiger partial charge in [0.25, 0.3) is 5.91 Å². The molecule has 178 valence electrons. The molecule has 1 aliphatic carbocycles. The summed E-state index contributed by atoms with van der Waals surface area (Å²) < 4.78 is 11.4. The average Bonchev–Trinajstić information content (AvgIpc) is 3.58. The van der Waals surface area contributed by atoms with Crippen LogP contribution in [0.1, 0.15) is 60.0 Å². The Kier molecular flexibility index (Phi) is 7.07. The van der Waals surface area contributed by atoms with Gasteiger partial charge in [-0.25, -0.2) is 0 Å². The van der Waals surface area contributed by atoms with Gasteiger partial charge in [0.1, 0.15) is 12.4 Å². The second-order valence-corrected chi connectivity index (χ2v) is 9.44. The first-order chi connectivity index (χ1) is 16.7. The van der Waals surface area contributed by atoms with E-state index in [0.717, 1.165) is 53.9 Å². The SMILES string of the molecule is Cc1c(NC(=O)c2ccc(OC[C@@H]3CCCO3)cc2)ccc2cc(CNC3CCCC3)cnc12.